The summed E-state index contributed by atoms with van der Waals surface area (Å²) in [5.41, 5.74) is 3.52. The van der Waals surface area contributed by atoms with Crippen molar-refractivity contribution in [1.29, 1.82) is 0 Å². The third-order valence-corrected chi connectivity index (χ3v) is 8.62. The Balaban J connectivity index is 1.31. The zero-order chi connectivity index (χ0) is 17.6. The monoisotopic (exact) mass is 360 g/mol. The van der Waals surface area contributed by atoms with Crippen molar-refractivity contribution in [1.82, 2.24) is 0 Å². The molecule has 4 fully saturated rings. The predicted octanol–water partition coefficient (Wildman–Crippen LogP) is 5.07. The van der Waals surface area contributed by atoms with Gasteiger partial charge in [-0.25, -0.2) is 0 Å². The topological polar surface area (TPSA) is 27.7 Å². The van der Waals surface area contributed by atoms with Crippen molar-refractivity contribution in [2.24, 2.45) is 23.2 Å². The molecule has 0 amide bonds. The van der Waals surface area contributed by atoms with Gasteiger partial charge in [0, 0.05) is 17.0 Å². The van der Waals surface area contributed by atoms with Crippen LogP contribution in [0.5, 0.6) is 17.2 Å². The highest BCUT2D eigenvalue weighted by Gasteiger charge is 2.81. The number of fused-ring (bicyclic) bond motifs is 2. The van der Waals surface area contributed by atoms with Crippen LogP contribution in [0.1, 0.15) is 43.2 Å². The second-order valence-corrected chi connectivity index (χ2v) is 9.44. The Bertz CT molecular complexity index is 938. The van der Waals surface area contributed by atoms with Gasteiger partial charge in [0.25, 0.3) is 0 Å². The number of rotatable bonds is 4. The fourth-order valence-corrected chi connectivity index (χ4v) is 7.81. The Kier molecular flexibility index (Phi) is 2.65. The van der Waals surface area contributed by atoms with E-state index in [4.69, 9.17) is 14.2 Å². The Morgan fingerprint density at radius 1 is 0.926 bits per heavy atom. The van der Waals surface area contributed by atoms with E-state index in [9.17, 15) is 0 Å². The van der Waals surface area contributed by atoms with Gasteiger partial charge in [-0.1, -0.05) is 30.3 Å². The molecule has 0 saturated heterocycles. The van der Waals surface area contributed by atoms with Crippen molar-refractivity contribution in [3.05, 3.63) is 53.6 Å². The maximum absolute atomic E-state index is 6.43. The molecule has 5 atom stereocenters. The van der Waals surface area contributed by atoms with Gasteiger partial charge in [0.05, 0.1) is 0 Å². The Hall–Kier alpha value is -2.16. The van der Waals surface area contributed by atoms with Gasteiger partial charge in [-0.3, -0.25) is 0 Å². The van der Waals surface area contributed by atoms with E-state index in [1.807, 2.05) is 6.07 Å². The molecule has 4 aliphatic carbocycles. The molecule has 5 aliphatic rings. The third kappa shape index (κ3) is 1.66. The maximum Gasteiger partial charge on any atom is 0.231 e. The summed E-state index contributed by atoms with van der Waals surface area (Å²) >= 11 is 0. The first-order valence-corrected chi connectivity index (χ1v) is 10.4. The molecule has 1 heterocycles. The van der Waals surface area contributed by atoms with E-state index in [2.05, 4.69) is 36.4 Å². The minimum atomic E-state index is 0.322. The van der Waals surface area contributed by atoms with E-state index >= 15 is 0 Å². The molecule has 1 spiro atoms. The molecule has 5 unspecified atom stereocenters. The van der Waals surface area contributed by atoms with Crippen LogP contribution in [0.2, 0.25) is 0 Å². The number of hydrogen-bond donors (Lipinski definition) is 0. The molecule has 27 heavy (non-hydrogen) atoms. The minimum absolute atomic E-state index is 0.322. The molecule has 3 nitrogen and oxygen atoms in total. The van der Waals surface area contributed by atoms with Crippen molar-refractivity contribution < 1.29 is 14.2 Å². The third-order valence-electron chi connectivity index (χ3n) is 8.62. The SMILES string of the molecule is c1ccc(COc2cc3c(cc2C24CC5CC6CC(C2)C64C5)OCO3)cc1. The summed E-state index contributed by atoms with van der Waals surface area (Å²) in [6, 6.07) is 14.8. The summed E-state index contributed by atoms with van der Waals surface area (Å²) < 4.78 is 17.9. The highest BCUT2D eigenvalue weighted by Crippen LogP contribution is 2.87. The van der Waals surface area contributed by atoms with Crippen LogP contribution >= 0.6 is 0 Å². The van der Waals surface area contributed by atoms with Crippen molar-refractivity contribution in [3.63, 3.8) is 0 Å². The Labute approximate surface area is 159 Å². The smallest absolute Gasteiger partial charge is 0.231 e. The fourth-order valence-electron chi connectivity index (χ4n) is 7.81. The van der Waals surface area contributed by atoms with Crippen LogP contribution in [-0.4, -0.2) is 6.79 Å². The van der Waals surface area contributed by atoms with Gasteiger partial charge in [-0.15, -0.1) is 0 Å². The lowest BCUT2D eigenvalue weighted by atomic mass is 9.31. The molecule has 2 bridgehead atoms. The van der Waals surface area contributed by atoms with E-state index < -0.39 is 0 Å². The van der Waals surface area contributed by atoms with Crippen LogP contribution in [0, 0.1) is 23.2 Å². The van der Waals surface area contributed by atoms with E-state index in [1.54, 1.807) is 0 Å². The van der Waals surface area contributed by atoms with Gasteiger partial charge in [0.1, 0.15) is 12.4 Å². The Morgan fingerprint density at radius 3 is 2.59 bits per heavy atom. The summed E-state index contributed by atoms with van der Waals surface area (Å²) in [6.45, 7) is 0.926. The van der Waals surface area contributed by atoms with Crippen LogP contribution in [0.3, 0.4) is 0 Å². The van der Waals surface area contributed by atoms with Crippen LogP contribution in [-0.2, 0) is 12.0 Å². The van der Waals surface area contributed by atoms with Gasteiger partial charge in [0.15, 0.2) is 11.5 Å². The highest BCUT2D eigenvalue weighted by atomic mass is 16.7. The molecule has 1 aliphatic heterocycles. The largest absolute Gasteiger partial charge is 0.488 e. The predicted molar refractivity (Wildman–Crippen MR) is 101 cm³/mol. The van der Waals surface area contributed by atoms with Crippen LogP contribution in [0.25, 0.3) is 0 Å². The zero-order valence-corrected chi connectivity index (χ0v) is 15.4. The quantitative estimate of drug-likeness (QED) is 0.762. The summed E-state index contributed by atoms with van der Waals surface area (Å²) in [6.07, 6.45) is 7.10. The molecule has 3 heteroatoms. The average molecular weight is 360 g/mol. The second-order valence-electron chi connectivity index (χ2n) is 9.44. The van der Waals surface area contributed by atoms with Crippen molar-refractivity contribution in [2.45, 2.75) is 44.1 Å². The van der Waals surface area contributed by atoms with Crippen LogP contribution in [0.15, 0.2) is 42.5 Å². The summed E-state index contributed by atoms with van der Waals surface area (Å²) in [5, 5.41) is 0. The molecule has 138 valence electrons. The standard InChI is InChI=1S/C24H24O3/c1-2-4-15(5-3-1)13-25-20-9-22-21(26-14-27-22)8-19(20)23-10-16-6-17-7-18(12-23)24(17,23)11-16/h1-5,8-9,16-18H,6-7,10-14H2. The van der Waals surface area contributed by atoms with E-state index in [0.29, 0.717) is 24.2 Å². The second kappa shape index (κ2) is 4.81. The van der Waals surface area contributed by atoms with Gasteiger partial charge in [-0.05, 0) is 66.9 Å². The van der Waals surface area contributed by atoms with Crippen LogP contribution in [0.4, 0.5) is 0 Å². The molecule has 0 N–H and O–H groups in total. The van der Waals surface area contributed by atoms with Crippen LogP contribution < -0.4 is 14.2 Å². The number of hydrogen-bond acceptors (Lipinski definition) is 3. The number of ether oxygens (including phenoxy) is 3. The maximum atomic E-state index is 6.43. The first-order valence-electron chi connectivity index (χ1n) is 10.4. The molecular formula is C24H24O3. The molecular weight excluding hydrogens is 336 g/mol. The molecule has 0 radical (unpaired) electrons. The van der Waals surface area contributed by atoms with Crippen molar-refractivity contribution in [2.75, 3.05) is 6.79 Å². The molecule has 7 rings (SSSR count). The van der Waals surface area contributed by atoms with Gasteiger partial charge >= 0.3 is 0 Å². The lowest BCUT2D eigenvalue weighted by Crippen LogP contribution is -2.68. The van der Waals surface area contributed by atoms with Crippen molar-refractivity contribution in [3.8, 4) is 17.2 Å². The fraction of sp³-hybridized carbons (Fsp3) is 0.500. The first-order chi connectivity index (χ1) is 13.3. The highest BCUT2D eigenvalue weighted by molar-refractivity contribution is 5.58. The summed E-state index contributed by atoms with van der Waals surface area (Å²) in [5.74, 6) is 5.61. The van der Waals surface area contributed by atoms with Crippen molar-refractivity contribution >= 4 is 0 Å². The molecule has 2 aromatic carbocycles. The molecule has 0 aromatic heterocycles. The number of benzene rings is 2. The van der Waals surface area contributed by atoms with E-state index in [-0.39, 0.29) is 0 Å². The Morgan fingerprint density at radius 2 is 1.78 bits per heavy atom. The zero-order valence-electron chi connectivity index (χ0n) is 15.4. The lowest BCUT2D eigenvalue weighted by Gasteiger charge is -2.73. The molecule has 2 aromatic rings. The van der Waals surface area contributed by atoms with Gasteiger partial charge < -0.3 is 14.2 Å². The summed E-state index contributed by atoms with van der Waals surface area (Å²) in [4.78, 5) is 0. The van der Waals surface area contributed by atoms with E-state index in [1.165, 1.54) is 43.2 Å². The minimum Gasteiger partial charge on any atom is -0.488 e. The van der Waals surface area contributed by atoms with Gasteiger partial charge in [0.2, 0.25) is 6.79 Å². The first kappa shape index (κ1) is 14.8. The molecule has 4 saturated carbocycles. The van der Waals surface area contributed by atoms with Gasteiger partial charge in [-0.2, -0.15) is 0 Å². The average Bonchev–Trinajstić information content (AvgIpc) is 3.34. The normalized spacial score (nSPS) is 38.9. The lowest BCUT2D eigenvalue weighted by molar-refractivity contribution is -0.199. The van der Waals surface area contributed by atoms with E-state index in [0.717, 1.165) is 35.0 Å². The summed E-state index contributed by atoms with van der Waals surface area (Å²) in [7, 11) is 0.